The number of carbonyl (C=O) groups is 1. The largest absolute Gasteiger partial charge is 0.478 e. The first-order valence-electron chi connectivity index (χ1n) is 15.9. The lowest BCUT2D eigenvalue weighted by Gasteiger charge is -2.61. The molecule has 0 amide bonds. The average molecular weight is 541 g/mol. The highest BCUT2D eigenvalue weighted by molar-refractivity contribution is 5.90. The second-order valence-electron chi connectivity index (χ2n) is 14.8. The molecule has 5 heteroatoms. The zero-order chi connectivity index (χ0) is 28.5. The molecule has 5 rings (SSSR count). The van der Waals surface area contributed by atoms with Crippen LogP contribution in [0.15, 0.2) is 18.2 Å². The Labute approximate surface area is 237 Å². The van der Waals surface area contributed by atoms with Crippen molar-refractivity contribution in [3.05, 3.63) is 23.8 Å². The summed E-state index contributed by atoms with van der Waals surface area (Å²) in [5.41, 5.74) is 12.7. The average Bonchev–Trinajstić information content (AvgIpc) is 3.21. The maximum atomic E-state index is 10.4. The molecule has 0 spiro atoms. The fourth-order valence-corrected chi connectivity index (χ4v) is 10.1. The second kappa shape index (κ2) is 12.0. The normalized spacial score (nSPS) is 38.1. The number of benzene rings is 1. The fraction of sp³-hybridized carbons (Fsp3) is 0.794. The van der Waals surface area contributed by atoms with Crippen LogP contribution in [-0.2, 0) is 0 Å². The quantitative estimate of drug-likeness (QED) is 0.273. The van der Waals surface area contributed by atoms with Crippen LogP contribution >= 0.6 is 0 Å². The van der Waals surface area contributed by atoms with Gasteiger partial charge in [0.25, 0.3) is 0 Å². The van der Waals surface area contributed by atoms with E-state index >= 15 is 0 Å². The summed E-state index contributed by atoms with van der Waals surface area (Å²) in [4.78, 5) is 10.4. The number of anilines is 2. The van der Waals surface area contributed by atoms with E-state index in [1.807, 2.05) is 0 Å². The molecule has 2 unspecified atom stereocenters. The standard InChI is InChI=1S/C27H48O.C7H8N2O2/c1-18(2)7-6-8-19(3)23-11-12-24-22-10-9-20-17-21(28)13-15-26(20,4)25(22)14-16-27(23,24)5;8-5-1-4(7(10)11)2-6(9)3-5/h18-25,28H,6-17H2,1-5H3;1-3H,8-9H2,(H,10,11)/t19-,20?,21?,22+,23-,24+,25+,26+,27-;/m1./s1. The minimum atomic E-state index is -1.02. The number of nitrogens with two attached hydrogens (primary N) is 2. The minimum absolute atomic E-state index is 0.00830. The lowest BCUT2D eigenvalue weighted by molar-refractivity contribution is -0.129. The molecule has 4 aliphatic rings. The molecule has 0 saturated heterocycles. The molecular formula is C34H56N2O3. The number of carboxylic acids is 1. The van der Waals surface area contributed by atoms with Gasteiger partial charge in [0.15, 0.2) is 0 Å². The Balaban J connectivity index is 0.000000270. The summed E-state index contributed by atoms with van der Waals surface area (Å²) in [6, 6.07) is 4.23. The van der Waals surface area contributed by atoms with Gasteiger partial charge < -0.3 is 21.7 Å². The third kappa shape index (κ3) is 6.29. The number of rotatable bonds is 6. The third-order valence-electron chi connectivity index (χ3n) is 12.1. The van der Waals surface area contributed by atoms with E-state index in [1.54, 1.807) is 0 Å². The van der Waals surface area contributed by atoms with E-state index < -0.39 is 5.97 Å². The maximum absolute atomic E-state index is 10.4. The van der Waals surface area contributed by atoms with Crippen LogP contribution in [0.4, 0.5) is 11.4 Å². The van der Waals surface area contributed by atoms with Gasteiger partial charge in [-0.05, 0) is 128 Å². The number of fused-ring (bicyclic) bond motifs is 5. The van der Waals surface area contributed by atoms with E-state index in [0.717, 1.165) is 54.3 Å². The van der Waals surface area contributed by atoms with Gasteiger partial charge in [-0.3, -0.25) is 0 Å². The fourth-order valence-electron chi connectivity index (χ4n) is 10.1. The van der Waals surface area contributed by atoms with Gasteiger partial charge in [0.1, 0.15) is 0 Å². The van der Waals surface area contributed by atoms with Crippen LogP contribution in [0.1, 0.15) is 122 Å². The number of aromatic carboxylic acids is 1. The summed E-state index contributed by atoms with van der Waals surface area (Å²) in [6.07, 6.45) is 16.6. The molecule has 4 fully saturated rings. The molecule has 1 aromatic rings. The van der Waals surface area contributed by atoms with Crippen LogP contribution < -0.4 is 11.5 Å². The van der Waals surface area contributed by atoms with Crippen LogP contribution in [0.3, 0.4) is 0 Å². The Bertz CT molecular complexity index is 974. The topological polar surface area (TPSA) is 110 Å². The lowest BCUT2D eigenvalue weighted by Crippen LogP contribution is -2.54. The Morgan fingerprint density at radius 2 is 1.54 bits per heavy atom. The highest BCUT2D eigenvalue weighted by Gasteiger charge is 2.60. The number of aliphatic hydroxyl groups is 1. The molecular weight excluding hydrogens is 484 g/mol. The smallest absolute Gasteiger partial charge is 0.335 e. The van der Waals surface area contributed by atoms with Crippen molar-refractivity contribution in [2.75, 3.05) is 11.5 Å². The predicted molar refractivity (Wildman–Crippen MR) is 161 cm³/mol. The van der Waals surface area contributed by atoms with Gasteiger partial charge in [-0.1, -0.05) is 53.9 Å². The molecule has 0 radical (unpaired) electrons. The molecule has 0 aliphatic heterocycles. The molecule has 39 heavy (non-hydrogen) atoms. The summed E-state index contributed by atoms with van der Waals surface area (Å²) in [5, 5.41) is 18.8. The van der Waals surface area contributed by atoms with Gasteiger partial charge in [-0.15, -0.1) is 0 Å². The molecule has 0 aromatic heterocycles. The van der Waals surface area contributed by atoms with Crippen molar-refractivity contribution < 1.29 is 15.0 Å². The number of hydrogen-bond acceptors (Lipinski definition) is 4. The molecule has 4 saturated carbocycles. The summed E-state index contributed by atoms with van der Waals surface area (Å²) in [6.45, 7) is 12.7. The number of nitrogen functional groups attached to an aromatic ring is 2. The van der Waals surface area contributed by atoms with Crippen LogP contribution in [0.2, 0.25) is 0 Å². The van der Waals surface area contributed by atoms with Gasteiger partial charge in [-0.2, -0.15) is 0 Å². The van der Waals surface area contributed by atoms with Crippen molar-refractivity contribution in [1.29, 1.82) is 0 Å². The van der Waals surface area contributed by atoms with Crippen LogP contribution in [0.5, 0.6) is 0 Å². The second-order valence-corrected chi connectivity index (χ2v) is 14.8. The van der Waals surface area contributed by atoms with E-state index in [-0.39, 0.29) is 11.7 Å². The van der Waals surface area contributed by atoms with E-state index in [1.165, 1.54) is 82.4 Å². The Hall–Kier alpha value is -1.75. The zero-order valence-electron chi connectivity index (χ0n) is 25.3. The van der Waals surface area contributed by atoms with E-state index in [2.05, 4.69) is 34.6 Å². The first-order valence-corrected chi connectivity index (χ1v) is 15.9. The van der Waals surface area contributed by atoms with Crippen LogP contribution in [0.25, 0.3) is 0 Å². The van der Waals surface area contributed by atoms with Crippen molar-refractivity contribution in [1.82, 2.24) is 0 Å². The number of carboxylic acid groups (broad SMARTS) is 1. The number of aliphatic hydroxyl groups excluding tert-OH is 1. The van der Waals surface area contributed by atoms with Gasteiger partial charge in [0.05, 0.1) is 11.7 Å². The van der Waals surface area contributed by atoms with Gasteiger partial charge in [-0.25, -0.2) is 4.79 Å². The summed E-state index contributed by atoms with van der Waals surface area (Å²) < 4.78 is 0. The molecule has 0 heterocycles. The van der Waals surface area contributed by atoms with Crippen molar-refractivity contribution in [3.63, 3.8) is 0 Å². The Kier molecular flexibility index (Phi) is 9.30. The highest BCUT2D eigenvalue weighted by atomic mass is 16.4. The molecule has 0 bridgehead atoms. The number of hydrogen-bond donors (Lipinski definition) is 4. The van der Waals surface area contributed by atoms with Gasteiger partial charge in [0, 0.05) is 11.4 Å². The molecule has 1 aromatic carbocycles. The third-order valence-corrected chi connectivity index (χ3v) is 12.1. The summed E-state index contributed by atoms with van der Waals surface area (Å²) in [5.74, 6) is 5.47. The molecule has 220 valence electrons. The minimum Gasteiger partial charge on any atom is -0.478 e. The van der Waals surface area contributed by atoms with Crippen molar-refractivity contribution >= 4 is 17.3 Å². The molecule has 5 nitrogen and oxygen atoms in total. The van der Waals surface area contributed by atoms with E-state index in [0.29, 0.717) is 22.2 Å². The molecule has 4 aliphatic carbocycles. The first-order chi connectivity index (χ1) is 18.3. The highest BCUT2D eigenvalue weighted by Crippen LogP contribution is 2.68. The van der Waals surface area contributed by atoms with Gasteiger partial charge >= 0.3 is 5.97 Å². The predicted octanol–water partition coefficient (Wildman–Crippen LogP) is 8.02. The van der Waals surface area contributed by atoms with Crippen LogP contribution in [-0.4, -0.2) is 22.3 Å². The first kappa shape index (κ1) is 30.2. The maximum Gasteiger partial charge on any atom is 0.335 e. The lowest BCUT2D eigenvalue weighted by atomic mass is 9.44. The van der Waals surface area contributed by atoms with Crippen LogP contribution in [0, 0.1) is 52.3 Å². The van der Waals surface area contributed by atoms with Crippen molar-refractivity contribution in [3.8, 4) is 0 Å². The molecule has 9 atom stereocenters. The Morgan fingerprint density at radius 3 is 2.18 bits per heavy atom. The monoisotopic (exact) mass is 540 g/mol. The molecule has 6 N–H and O–H groups in total. The summed E-state index contributed by atoms with van der Waals surface area (Å²) >= 11 is 0. The van der Waals surface area contributed by atoms with Gasteiger partial charge in [0.2, 0.25) is 0 Å². The van der Waals surface area contributed by atoms with E-state index in [4.69, 9.17) is 16.6 Å². The SMILES string of the molecule is CC(C)CCC[C@@H](C)[C@H]1CC[C@H]2[C@@H]3CCC4CC(O)CC[C@]4(C)[C@H]3CC[C@]12C.Nc1cc(N)cc(C(=O)O)c1. The van der Waals surface area contributed by atoms with Crippen molar-refractivity contribution in [2.24, 2.45) is 52.3 Å². The summed E-state index contributed by atoms with van der Waals surface area (Å²) in [7, 11) is 0. The van der Waals surface area contributed by atoms with E-state index in [9.17, 15) is 9.90 Å². The van der Waals surface area contributed by atoms with Crippen molar-refractivity contribution in [2.45, 2.75) is 118 Å². The zero-order valence-corrected chi connectivity index (χ0v) is 25.3. The Morgan fingerprint density at radius 1 is 0.897 bits per heavy atom.